The van der Waals surface area contributed by atoms with Gasteiger partial charge in [-0.15, -0.1) is 11.8 Å². The molecule has 104 valence electrons. The van der Waals surface area contributed by atoms with Gasteiger partial charge in [0.15, 0.2) is 0 Å². The zero-order valence-electron chi connectivity index (χ0n) is 11.4. The number of aromatic carboxylic acids is 1. The predicted octanol–water partition coefficient (Wildman–Crippen LogP) is 3.99. The Balaban J connectivity index is 2.10. The lowest BCUT2D eigenvalue weighted by atomic mass is 10.1. The van der Waals surface area contributed by atoms with Gasteiger partial charge in [-0.05, 0) is 43.0 Å². The monoisotopic (exact) mass is 288 g/mol. The summed E-state index contributed by atoms with van der Waals surface area (Å²) in [7, 11) is 0. The number of thioether (sulfide) groups is 1. The largest absolute Gasteiger partial charge is 0.489 e. The van der Waals surface area contributed by atoms with Gasteiger partial charge >= 0.3 is 5.97 Å². The maximum atomic E-state index is 11.1. The molecule has 0 aromatic heterocycles. The second-order valence-electron chi connectivity index (χ2n) is 4.37. The highest BCUT2D eigenvalue weighted by Crippen LogP contribution is 2.23. The third-order valence-electron chi connectivity index (χ3n) is 3.07. The van der Waals surface area contributed by atoms with Gasteiger partial charge in [-0.3, -0.25) is 0 Å². The van der Waals surface area contributed by atoms with Crippen molar-refractivity contribution in [2.75, 3.05) is 6.26 Å². The van der Waals surface area contributed by atoms with E-state index in [0.29, 0.717) is 17.9 Å². The molecule has 0 unspecified atom stereocenters. The maximum absolute atomic E-state index is 11.1. The van der Waals surface area contributed by atoms with E-state index in [9.17, 15) is 4.79 Å². The number of carboxylic acids is 1. The summed E-state index contributed by atoms with van der Waals surface area (Å²) in [5, 5.41) is 9.08. The van der Waals surface area contributed by atoms with Crippen LogP contribution in [0.25, 0.3) is 0 Å². The van der Waals surface area contributed by atoms with Gasteiger partial charge in [-0.25, -0.2) is 4.79 Å². The summed E-state index contributed by atoms with van der Waals surface area (Å²) in [6.45, 7) is 2.19. The van der Waals surface area contributed by atoms with Crippen LogP contribution in [0.1, 0.15) is 21.5 Å². The van der Waals surface area contributed by atoms with Crippen LogP contribution in [0.5, 0.6) is 5.75 Å². The number of hydrogen-bond acceptors (Lipinski definition) is 3. The molecule has 3 nitrogen and oxygen atoms in total. The molecule has 1 N–H and O–H groups in total. The summed E-state index contributed by atoms with van der Waals surface area (Å²) in [5.41, 5.74) is 1.99. The highest BCUT2D eigenvalue weighted by atomic mass is 32.2. The molecule has 0 heterocycles. The Bertz CT molecular complexity index is 606. The molecule has 0 bridgehead atoms. The number of hydrogen-bond donors (Lipinski definition) is 1. The minimum absolute atomic E-state index is 0.278. The highest BCUT2D eigenvalue weighted by molar-refractivity contribution is 7.98. The molecule has 0 aliphatic heterocycles. The summed E-state index contributed by atoms with van der Waals surface area (Å²) in [6.07, 6.45) is 2.03. The fourth-order valence-corrected chi connectivity index (χ4v) is 2.29. The van der Waals surface area contributed by atoms with Crippen LogP contribution >= 0.6 is 11.8 Å². The third kappa shape index (κ3) is 3.33. The Morgan fingerprint density at radius 2 is 1.90 bits per heavy atom. The minimum Gasteiger partial charge on any atom is -0.489 e. The first kappa shape index (κ1) is 14.5. The molecule has 0 aliphatic rings. The number of carbonyl (C=O) groups is 1. The Morgan fingerprint density at radius 3 is 2.50 bits per heavy atom. The van der Waals surface area contributed by atoms with E-state index in [1.165, 1.54) is 4.90 Å². The smallest absolute Gasteiger partial charge is 0.336 e. The topological polar surface area (TPSA) is 46.5 Å². The first-order valence-electron chi connectivity index (χ1n) is 6.20. The van der Waals surface area contributed by atoms with Crippen LogP contribution in [0.2, 0.25) is 0 Å². The van der Waals surface area contributed by atoms with E-state index in [4.69, 9.17) is 9.84 Å². The molecule has 0 amide bonds. The van der Waals surface area contributed by atoms with Crippen LogP contribution in [0.4, 0.5) is 0 Å². The third-order valence-corrected chi connectivity index (χ3v) is 3.81. The molecule has 0 atom stereocenters. The Morgan fingerprint density at radius 1 is 1.20 bits per heavy atom. The molecule has 0 radical (unpaired) electrons. The molecule has 2 aromatic carbocycles. The SMILES string of the molecule is CSc1ccc(COc2cccc(C(=O)O)c2C)cc1. The van der Waals surface area contributed by atoms with Crippen molar-refractivity contribution in [2.45, 2.75) is 18.4 Å². The molecule has 0 saturated heterocycles. The van der Waals surface area contributed by atoms with E-state index < -0.39 is 5.97 Å². The van der Waals surface area contributed by atoms with Crippen LogP contribution in [0.3, 0.4) is 0 Å². The maximum Gasteiger partial charge on any atom is 0.336 e. The lowest BCUT2D eigenvalue weighted by Crippen LogP contribution is -2.03. The summed E-state index contributed by atoms with van der Waals surface area (Å²) in [4.78, 5) is 12.3. The standard InChI is InChI=1S/C16H16O3S/c1-11-14(16(17)18)4-3-5-15(11)19-10-12-6-8-13(20-2)9-7-12/h3-9H,10H2,1-2H3,(H,17,18). The van der Waals surface area contributed by atoms with Gasteiger partial charge in [0.2, 0.25) is 0 Å². The van der Waals surface area contributed by atoms with Crippen molar-refractivity contribution in [1.29, 1.82) is 0 Å². The van der Waals surface area contributed by atoms with Gasteiger partial charge in [0, 0.05) is 10.5 Å². The zero-order chi connectivity index (χ0) is 14.5. The first-order valence-corrected chi connectivity index (χ1v) is 7.43. The van der Waals surface area contributed by atoms with Gasteiger partial charge in [0.05, 0.1) is 5.56 Å². The van der Waals surface area contributed by atoms with Gasteiger partial charge < -0.3 is 9.84 Å². The molecule has 2 rings (SSSR count). The van der Waals surface area contributed by atoms with Crippen molar-refractivity contribution in [3.8, 4) is 5.75 Å². The van der Waals surface area contributed by atoms with Crippen LogP contribution in [0.15, 0.2) is 47.4 Å². The lowest BCUT2D eigenvalue weighted by Gasteiger charge is -2.11. The average molecular weight is 288 g/mol. The van der Waals surface area contributed by atoms with E-state index in [1.807, 2.05) is 30.5 Å². The van der Waals surface area contributed by atoms with Crippen LogP contribution in [-0.4, -0.2) is 17.3 Å². The molecular formula is C16H16O3S. The minimum atomic E-state index is -0.933. The van der Waals surface area contributed by atoms with Crippen molar-refractivity contribution >= 4 is 17.7 Å². The normalized spacial score (nSPS) is 10.3. The molecule has 0 aliphatic carbocycles. The van der Waals surface area contributed by atoms with E-state index in [1.54, 1.807) is 36.9 Å². The quantitative estimate of drug-likeness (QED) is 0.845. The highest BCUT2D eigenvalue weighted by Gasteiger charge is 2.10. The van der Waals surface area contributed by atoms with Crippen molar-refractivity contribution in [3.63, 3.8) is 0 Å². The number of ether oxygens (including phenoxy) is 1. The molecule has 0 spiro atoms. The predicted molar refractivity (Wildman–Crippen MR) is 80.7 cm³/mol. The molecular weight excluding hydrogens is 272 g/mol. The Hall–Kier alpha value is -1.94. The van der Waals surface area contributed by atoms with Crippen molar-refractivity contribution in [1.82, 2.24) is 0 Å². The van der Waals surface area contributed by atoms with E-state index in [-0.39, 0.29) is 5.56 Å². The van der Waals surface area contributed by atoms with Gasteiger partial charge in [-0.1, -0.05) is 18.2 Å². The van der Waals surface area contributed by atoms with E-state index in [2.05, 4.69) is 0 Å². The summed E-state index contributed by atoms with van der Waals surface area (Å²) in [6, 6.07) is 13.2. The fraction of sp³-hybridized carbons (Fsp3) is 0.188. The summed E-state index contributed by atoms with van der Waals surface area (Å²) >= 11 is 1.69. The Kier molecular flexibility index (Phi) is 4.69. The van der Waals surface area contributed by atoms with Crippen LogP contribution in [-0.2, 0) is 6.61 Å². The molecule has 2 aromatic rings. The van der Waals surface area contributed by atoms with Gasteiger partial charge in [0.1, 0.15) is 12.4 Å². The lowest BCUT2D eigenvalue weighted by molar-refractivity contribution is 0.0695. The van der Waals surface area contributed by atoms with Gasteiger partial charge in [-0.2, -0.15) is 0 Å². The van der Waals surface area contributed by atoms with Gasteiger partial charge in [0.25, 0.3) is 0 Å². The van der Waals surface area contributed by atoms with Crippen molar-refractivity contribution < 1.29 is 14.6 Å². The number of benzene rings is 2. The Labute approximate surface area is 122 Å². The molecule has 4 heteroatoms. The molecule has 0 saturated carbocycles. The zero-order valence-corrected chi connectivity index (χ0v) is 12.2. The molecule has 0 fully saturated rings. The van der Waals surface area contributed by atoms with Crippen molar-refractivity contribution in [3.05, 3.63) is 59.2 Å². The second-order valence-corrected chi connectivity index (χ2v) is 5.25. The first-order chi connectivity index (χ1) is 9.61. The fourth-order valence-electron chi connectivity index (χ4n) is 1.89. The van der Waals surface area contributed by atoms with E-state index >= 15 is 0 Å². The van der Waals surface area contributed by atoms with Crippen LogP contribution in [0, 0.1) is 6.92 Å². The van der Waals surface area contributed by atoms with Crippen molar-refractivity contribution in [2.24, 2.45) is 0 Å². The average Bonchev–Trinajstić information content (AvgIpc) is 2.46. The summed E-state index contributed by atoms with van der Waals surface area (Å²) in [5.74, 6) is -0.323. The van der Waals surface area contributed by atoms with Crippen LogP contribution < -0.4 is 4.74 Å². The number of carboxylic acid groups (broad SMARTS) is 1. The second kappa shape index (κ2) is 6.48. The summed E-state index contributed by atoms with van der Waals surface area (Å²) < 4.78 is 5.72. The number of rotatable bonds is 5. The van der Waals surface area contributed by atoms with E-state index in [0.717, 1.165) is 5.56 Å². The molecule has 20 heavy (non-hydrogen) atoms.